The van der Waals surface area contributed by atoms with E-state index in [2.05, 4.69) is 0 Å². The predicted molar refractivity (Wildman–Crippen MR) is 68.2 cm³/mol. The van der Waals surface area contributed by atoms with Gasteiger partial charge in [-0.3, -0.25) is 9.59 Å². The molecule has 0 aromatic carbocycles. The maximum Gasteiger partial charge on any atom is 0.310 e. The smallest absolute Gasteiger partial charge is 0.310 e. The van der Waals surface area contributed by atoms with Crippen molar-refractivity contribution in [2.75, 3.05) is 0 Å². The number of fused-ring (bicyclic) bond motifs is 1. The van der Waals surface area contributed by atoms with E-state index in [1.54, 1.807) is 13.0 Å². The highest BCUT2D eigenvalue weighted by Crippen LogP contribution is 2.61. The summed E-state index contributed by atoms with van der Waals surface area (Å²) in [6.45, 7) is 5.74. The van der Waals surface area contributed by atoms with Crippen LogP contribution in [0.2, 0.25) is 0 Å². The molecule has 1 heterocycles. The van der Waals surface area contributed by atoms with Gasteiger partial charge in [0, 0.05) is 18.3 Å². The summed E-state index contributed by atoms with van der Waals surface area (Å²) >= 11 is 0. The molecule has 104 valence electrons. The fourth-order valence-electron chi connectivity index (χ4n) is 4.05. The van der Waals surface area contributed by atoms with Crippen LogP contribution in [0, 0.1) is 16.7 Å². The number of esters is 1. The summed E-state index contributed by atoms with van der Waals surface area (Å²) in [4.78, 5) is 24.1. The molecule has 1 saturated carbocycles. The molecule has 1 saturated heterocycles. The number of Topliss-reactive ketones (excluding diaryl/α,β-unsaturated/α-hetero) is 1. The van der Waals surface area contributed by atoms with Gasteiger partial charge in [-0.05, 0) is 18.8 Å². The van der Waals surface area contributed by atoms with Gasteiger partial charge in [0.25, 0.3) is 0 Å². The van der Waals surface area contributed by atoms with Crippen molar-refractivity contribution >= 4 is 11.8 Å². The SMILES string of the molecule is CC1(O)C=C[C@@]23CC1OC(=O)[C@H]2CC(=O)CC3(C)C. The number of rotatable bonds is 0. The van der Waals surface area contributed by atoms with Crippen molar-refractivity contribution in [1.29, 1.82) is 0 Å². The molecule has 19 heavy (non-hydrogen) atoms. The van der Waals surface area contributed by atoms with Gasteiger partial charge in [-0.25, -0.2) is 0 Å². The number of hydrogen-bond donors (Lipinski definition) is 1. The third kappa shape index (κ3) is 1.55. The first-order chi connectivity index (χ1) is 8.68. The van der Waals surface area contributed by atoms with Crippen LogP contribution >= 0.6 is 0 Å². The summed E-state index contributed by atoms with van der Waals surface area (Å²) in [7, 11) is 0. The topological polar surface area (TPSA) is 63.6 Å². The monoisotopic (exact) mass is 264 g/mol. The highest BCUT2D eigenvalue weighted by molar-refractivity contribution is 5.88. The first-order valence-corrected chi connectivity index (χ1v) is 6.83. The van der Waals surface area contributed by atoms with E-state index >= 15 is 0 Å². The Morgan fingerprint density at radius 3 is 2.63 bits per heavy atom. The molecule has 0 aromatic rings. The average molecular weight is 264 g/mol. The quantitative estimate of drug-likeness (QED) is 0.533. The molecular weight excluding hydrogens is 244 g/mol. The zero-order valence-electron chi connectivity index (χ0n) is 11.6. The normalized spacial score (nSPS) is 47.6. The molecule has 2 fully saturated rings. The van der Waals surface area contributed by atoms with Crippen molar-refractivity contribution in [3.63, 3.8) is 0 Å². The van der Waals surface area contributed by atoms with Crippen molar-refractivity contribution in [2.24, 2.45) is 16.7 Å². The van der Waals surface area contributed by atoms with Gasteiger partial charge < -0.3 is 9.84 Å². The molecule has 4 atom stereocenters. The minimum atomic E-state index is -1.11. The van der Waals surface area contributed by atoms with E-state index < -0.39 is 17.6 Å². The lowest BCUT2D eigenvalue weighted by atomic mass is 9.48. The van der Waals surface area contributed by atoms with E-state index in [0.29, 0.717) is 12.8 Å². The maximum atomic E-state index is 12.2. The van der Waals surface area contributed by atoms with Crippen LogP contribution < -0.4 is 0 Å². The first-order valence-electron chi connectivity index (χ1n) is 6.83. The molecule has 4 heteroatoms. The molecule has 2 bridgehead atoms. The number of hydrogen-bond acceptors (Lipinski definition) is 4. The summed E-state index contributed by atoms with van der Waals surface area (Å²) in [5, 5.41) is 10.3. The van der Waals surface area contributed by atoms with Crippen molar-refractivity contribution in [3.8, 4) is 0 Å². The Balaban J connectivity index is 2.14. The second kappa shape index (κ2) is 3.48. The zero-order chi connectivity index (χ0) is 14.1. The number of ether oxygens (including phenoxy) is 1. The van der Waals surface area contributed by atoms with Crippen LogP contribution in [-0.2, 0) is 14.3 Å². The fourth-order valence-corrected chi connectivity index (χ4v) is 4.05. The summed E-state index contributed by atoms with van der Waals surface area (Å²) in [6.07, 6.45) is 4.57. The molecule has 0 amide bonds. The van der Waals surface area contributed by atoms with Gasteiger partial charge in [0.2, 0.25) is 0 Å². The van der Waals surface area contributed by atoms with Crippen molar-refractivity contribution in [2.45, 2.75) is 51.7 Å². The summed E-state index contributed by atoms with van der Waals surface area (Å²) < 4.78 is 5.39. The van der Waals surface area contributed by atoms with E-state index in [9.17, 15) is 14.7 Å². The van der Waals surface area contributed by atoms with Crippen LogP contribution in [0.5, 0.6) is 0 Å². The van der Waals surface area contributed by atoms with Gasteiger partial charge in [0.15, 0.2) is 0 Å². The summed E-state index contributed by atoms with van der Waals surface area (Å²) in [6, 6.07) is 0. The number of ketones is 1. The Bertz CT molecular complexity index is 488. The Hall–Kier alpha value is -1.16. The second-order valence-electron chi connectivity index (χ2n) is 7.09. The van der Waals surface area contributed by atoms with Crippen LogP contribution in [0.4, 0.5) is 0 Å². The number of allylic oxidation sites excluding steroid dienone is 1. The highest BCUT2D eigenvalue weighted by Gasteiger charge is 2.63. The Kier molecular flexibility index (Phi) is 2.35. The molecule has 2 aliphatic carbocycles. The van der Waals surface area contributed by atoms with Crippen molar-refractivity contribution < 1.29 is 19.4 Å². The number of carbonyl (C=O) groups is 2. The predicted octanol–water partition coefficient (Wildman–Crippen LogP) is 1.61. The molecule has 1 spiro atoms. The third-order valence-corrected chi connectivity index (χ3v) is 5.39. The molecule has 4 nitrogen and oxygen atoms in total. The molecular formula is C15H20O4. The lowest BCUT2D eigenvalue weighted by Gasteiger charge is -2.58. The van der Waals surface area contributed by atoms with E-state index in [0.717, 1.165) is 0 Å². The number of aliphatic hydroxyl groups is 1. The Morgan fingerprint density at radius 1 is 1.26 bits per heavy atom. The largest absolute Gasteiger partial charge is 0.459 e. The third-order valence-electron chi connectivity index (χ3n) is 5.39. The van der Waals surface area contributed by atoms with Crippen LogP contribution in [0.3, 0.4) is 0 Å². The molecule has 1 aliphatic heterocycles. The number of carbonyl (C=O) groups excluding carboxylic acids is 2. The molecule has 0 radical (unpaired) electrons. The van der Waals surface area contributed by atoms with Gasteiger partial charge >= 0.3 is 5.97 Å². The average Bonchev–Trinajstić information content (AvgIpc) is 2.26. The molecule has 0 aromatic heterocycles. The summed E-state index contributed by atoms with van der Waals surface area (Å²) in [5.41, 5.74) is -1.75. The van der Waals surface area contributed by atoms with E-state index in [1.807, 2.05) is 19.9 Å². The fraction of sp³-hybridized carbons (Fsp3) is 0.733. The standard InChI is InChI=1S/C15H20O4/c1-13(2)7-9(16)6-10-12(17)19-11-8-15(10,13)5-4-14(11,3)18/h4-5,10-11,18H,6-8H2,1-3H3/t10-,11?,14?,15-/m1/s1. The summed E-state index contributed by atoms with van der Waals surface area (Å²) in [5.74, 6) is -0.601. The van der Waals surface area contributed by atoms with Crippen LogP contribution in [0.15, 0.2) is 12.2 Å². The highest BCUT2D eigenvalue weighted by atomic mass is 16.6. The van der Waals surface area contributed by atoms with Gasteiger partial charge in [-0.15, -0.1) is 0 Å². The van der Waals surface area contributed by atoms with E-state index in [4.69, 9.17) is 4.74 Å². The minimum absolute atomic E-state index is 0.127. The van der Waals surface area contributed by atoms with Gasteiger partial charge in [0.1, 0.15) is 17.5 Å². The van der Waals surface area contributed by atoms with Gasteiger partial charge in [-0.2, -0.15) is 0 Å². The van der Waals surface area contributed by atoms with E-state index in [1.165, 1.54) is 0 Å². The Labute approximate surface area is 112 Å². The van der Waals surface area contributed by atoms with Gasteiger partial charge in [0.05, 0.1) is 5.92 Å². The Morgan fingerprint density at radius 2 is 1.95 bits per heavy atom. The van der Waals surface area contributed by atoms with Crippen LogP contribution in [0.25, 0.3) is 0 Å². The van der Waals surface area contributed by atoms with Crippen LogP contribution in [0.1, 0.15) is 40.0 Å². The lowest BCUT2D eigenvalue weighted by molar-refractivity contribution is -0.204. The van der Waals surface area contributed by atoms with Crippen molar-refractivity contribution in [1.82, 2.24) is 0 Å². The van der Waals surface area contributed by atoms with E-state index in [-0.39, 0.29) is 29.0 Å². The first kappa shape index (κ1) is 12.9. The minimum Gasteiger partial charge on any atom is -0.459 e. The molecule has 2 unspecified atom stereocenters. The van der Waals surface area contributed by atoms with Crippen LogP contribution in [-0.4, -0.2) is 28.6 Å². The maximum absolute atomic E-state index is 12.2. The lowest BCUT2D eigenvalue weighted by Crippen LogP contribution is -2.62. The molecule has 3 rings (SSSR count). The molecule has 1 N–H and O–H groups in total. The molecule has 3 aliphatic rings. The second-order valence-corrected chi connectivity index (χ2v) is 7.09. The van der Waals surface area contributed by atoms with Crippen molar-refractivity contribution in [3.05, 3.63) is 12.2 Å². The van der Waals surface area contributed by atoms with Gasteiger partial charge in [-0.1, -0.05) is 26.0 Å². The zero-order valence-corrected chi connectivity index (χ0v) is 11.6.